The number of rotatable bonds is 0. The topological polar surface area (TPSA) is 40.5 Å². The first-order valence-electron chi connectivity index (χ1n) is 4.27. The van der Waals surface area contributed by atoms with Crippen LogP contribution in [0.15, 0.2) is 60.7 Å². The minimum atomic E-state index is -0.0764. The quantitative estimate of drug-likeness (QED) is 0.538. The van der Waals surface area contributed by atoms with Gasteiger partial charge in [-0.1, -0.05) is 48.5 Å². The van der Waals surface area contributed by atoms with Gasteiger partial charge in [-0.3, -0.25) is 0 Å². The molecule has 2 N–H and O–H groups in total. The number of phenolic OH excluding ortho intramolecular Hbond substituents is 2. The van der Waals surface area contributed by atoms with Gasteiger partial charge in [-0.25, -0.2) is 0 Å². The largest absolute Gasteiger partial charge is 0.504 e. The van der Waals surface area contributed by atoms with Gasteiger partial charge in [0.25, 0.3) is 0 Å². The van der Waals surface area contributed by atoms with Crippen molar-refractivity contribution in [2.75, 3.05) is 0 Å². The maximum atomic E-state index is 8.67. The maximum absolute atomic E-state index is 8.67. The van der Waals surface area contributed by atoms with Gasteiger partial charge in [0, 0.05) is 27.7 Å². The van der Waals surface area contributed by atoms with Gasteiger partial charge in [-0.15, -0.1) is 0 Å². The Morgan fingerprint density at radius 2 is 0.800 bits per heavy atom. The number of phenols is 2. The minimum absolute atomic E-state index is 0. The summed E-state index contributed by atoms with van der Waals surface area (Å²) >= 11 is 0. The zero-order valence-corrected chi connectivity index (χ0v) is 13.9. The van der Waals surface area contributed by atoms with Crippen molar-refractivity contribution in [3.63, 3.8) is 0 Å². The Labute approximate surface area is 110 Å². The van der Waals surface area contributed by atoms with Gasteiger partial charge in [-0.05, 0) is 12.1 Å². The van der Waals surface area contributed by atoms with Crippen molar-refractivity contribution in [1.82, 2.24) is 0 Å². The minimum Gasteiger partial charge on any atom is -0.504 e. The monoisotopic (exact) mass is 390 g/mol. The molecule has 74 valence electrons. The fourth-order valence-electron chi connectivity index (χ4n) is 0.849. The summed E-state index contributed by atoms with van der Waals surface area (Å²) in [5.41, 5.74) is 0. The average Bonchev–Trinajstić information content (AvgIpc) is 2.26. The van der Waals surface area contributed by atoms with Crippen LogP contribution in [0.25, 0.3) is 0 Å². The summed E-state index contributed by atoms with van der Waals surface area (Å²) in [6.07, 6.45) is 0. The Kier molecular flexibility index (Phi) is 7.73. The molecule has 0 aliphatic heterocycles. The number of hydrogen-bond acceptors (Lipinski definition) is 2. The van der Waals surface area contributed by atoms with E-state index in [9.17, 15) is 0 Å². The molecular weight excluding hydrogens is 377 g/mol. The van der Waals surface area contributed by atoms with Crippen LogP contribution in [0.5, 0.6) is 11.5 Å². The van der Waals surface area contributed by atoms with Crippen molar-refractivity contribution in [3.8, 4) is 11.5 Å². The Morgan fingerprint density at radius 1 is 0.533 bits per heavy atom. The van der Waals surface area contributed by atoms with Crippen LogP contribution in [-0.2, 0) is 27.7 Å². The predicted octanol–water partition coefficient (Wildman–Crippen LogP) is 2.78. The SMILES string of the molecule is Oc1ccccc1O.[Hg].c1ccccc1. The van der Waals surface area contributed by atoms with Crippen molar-refractivity contribution in [1.29, 1.82) is 0 Å². The summed E-state index contributed by atoms with van der Waals surface area (Å²) in [5.74, 6) is -0.153. The Bertz CT molecular complexity index is 315. The van der Waals surface area contributed by atoms with E-state index in [0.717, 1.165) is 0 Å². The zero-order valence-electron chi connectivity index (χ0n) is 8.38. The van der Waals surface area contributed by atoms with E-state index < -0.39 is 0 Å². The smallest absolute Gasteiger partial charge is 0.157 e. The third-order valence-electron chi connectivity index (χ3n) is 1.55. The Morgan fingerprint density at radius 3 is 1.00 bits per heavy atom. The van der Waals surface area contributed by atoms with Crippen LogP contribution in [-0.4, -0.2) is 10.2 Å². The molecule has 0 fully saturated rings. The molecule has 15 heavy (non-hydrogen) atoms. The summed E-state index contributed by atoms with van der Waals surface area (Å²) in [7, 11) is 0. The first kappa shape index (κ1) is 14.0. The van der Waals surface area contributed by atoms with E-state index in [4.69, 9.17) is 10.2 Å². The van der Waals surface area contributed by atoms with E-state index in [1.807, 2.05) is 36.4 Å². The van der Waals surface area contributed by atoms with Gasteiger partial charge in [0.2, 0.25) is 0 Å². The number of benzene rings is 2. The summed E-state index contributed by atoms with van der Waals surface area (Å²) in [5, 5.41) is 17.3. The van der Waals surface area contributed by atoms with E-state index in [1.165, 1.54) is 12.1 Å². The van der Waals surface area contributed by atoms with Gasteiger partial charge in [0.15, 0.2) is 11.5 Å². The molecule has 2 rings (SSSR count). The molecule has 0 radical (unpaired) electrons. The fraction of sp³-hybridized carbons (Fsp3) is 0. The first-order chi connectivity index (χ1) is 6.80. The van der Waals surface area contributed by atoms with Crippen LogP contribution in [0.1, 0.15) is 0 Å². The van der Waals surface area contributed by atoms with Crippen LogP contribution in [0.2, 0.25) is 0 Å². The van der Waals surface area contributed by atoms with Gasteiger partial charge in [0.1, 0.15) is 0 Å². The van der Waals surface area contributed by atoms with E-state index >= 15 is 0 Å². The molecule has 2 nitrogen and oxygen atoms in total. The van der Waals surface area contributed by atoms with Crippen LogP contribution in [0.3, 0.4) is 0 Å². The molecule has 0 saturated carbocycles. The van der Waals surface area contributed by atoms with Crippen LogP contribution in [0, 0.1) is 0 Å². The molecule has 3 heteroatoms. The second-order valence-corrected chi connectivity index (χ2v) is 2.64. The summed E-state index contributed by atoms with van der Waals surface area (Å²) in [4.78, 5) is 0. The summed E-state index contributed by atoms with van der Waals surface area (Å²) < 4.78 is 0. The number of para-hydroxylation sites is 2. The van der Waals surface area contributed by atoms with Crippen molar-refractivity contribution < 1.29 is 37.9 Å². The van der Waals surface area contributed by atoms with Gasteiger partial charge in [0.05, 0.1) is 0 Å². The van der Waals surface area contributed by atoms with E-state index in [2.05, 4.69) is 0 Å². The fourth-order valence-corrected chi connectivity index (χ4v) is 0.849. The third-order valence-corrected chi connectivity index (χ3v) is 1.55. The molecule has 0 spiro atoms. The van der Waals surface area contributed by atoms with Crippen molar-refractivity contribution in [2.24, 2.45) is 0 Å². The third kappa shape index (κ3) is 6.12. The summed E-state index contributed by atoms with van der Waals surface area (Å²) in [6, 6.07) is 18.1. The number of aromatic hydroxyl groups is 2. The molecule has 0 bridgehead atoms. The predicted molar refractivity (Wildman–Crippen MR) is 56.2 cm³/mol. The molecular formula is C12H12HgO2. The molecule has 0 atom stereocenters. The van der Waals surface area contributed by atoms with Gasteiger partial charge >= 0.3 is 0 Å². The van der Waals surface area contributed by atoms with E-state index in [-0.39, 0.29) is 39.2 Å². The molecule has 2 aromatic rings. The average molecular weight is 389 g/mol. The van der Waals surface area contributed by atoms with Gasteiger partial charge in [-0.2, -0.15) is 0 Å². The van der Waals surface area contributed by atoms with Crippen molar-refractivity contribution in [3.05, 3.63) is 60.7 Å². The summed E-state index contributed by atoms with van der Waals surface area (Å²) in [6.45, 7) is 0. The normalized spacial score (nSPS) is 8.00. The Hall–Kier alpha value is -1.02. The standard InChI is InChI=1S/C6H6O2.C6H6.Hg/c7-5-3-1-2-4-6(5)8;1-2-4-6-5-3-1;/h1-4,7-8H;1-6H;. The number of hydrogen-bond donors (Lipinski definition) is 2. The molecule has 0 aromatic heterocycles. The molecule has 2 aromatic carbocycles. The molecule has 0 aliphatic carbocycles. The molecule has 0 saturated heterocycles. The van der Waals surface area contributed by atoms with Gasteiger partial charge < -0.3 is 10.2 Å². The first-order valence-corrected chi connectivity index (χ1v) is 4.27. The van der Waals surface area contributed by atoms with Crippen LogP contribution in [0.4, 0.5) is 0 Å². The van der Waals surface area contributed by atoms with Crippen LogP contribution >= 0.6 is 0 Å². The van der Waals surface area contributed by atoms with Crippen molar-refractivity contribution in [2.45, 2.75) is 0 Å². The molecule has 0 unspecified atom stereocenters. The second-order valence-electron chi connectivity index (χ2n) is 2.64. The molecule has 0 aliphatic rings. The Balaban J connectivity index is 0.000000253. The van der Waals surface area contributed by atoms with Crippen molar-refractivity contribution >= 4 is 0 Å². The van der Waals surface area contributed by atoms with E-state index in [1.54, 1.807) is 12.1 Å². The van der Waals surface area contributed by atoms with E-state index in [0.29, 0.717) is 0 Å². The maximum Gasteiger partial charge on any atom is 0.157 e. The second kappa shape index (κ2) is 8.30. The molecule has 0 amide bonds. The zero-order chi connectivity index (χ0) is 10.2. The van der Waals surface area contributed by atoms with Crippen LogP contribution < -0.4 is 0 Å². The molecule has 0 heterocycles.